The number of carbonyl (C=O) groups excluding carboxylic acids is 1. The molecule has 5 heteroatoms. The lowest BCUT2D eigenvalue weighted by atomic mass is 9.83. The Kier molecular flexibility index (Phi) is 6.53. The Balaban J connectivity index is 1.58. The van der Waals surface area contributed by atoms with Gasteiger partial charge >= 0.3 is 0 Å². The monoisotopic (exact) mass is 337 g/mol. The normalized spacial score (nSPS) is 27.0. The topological polar surface area (TPSA) is 67.6 Å². The molecule has 1 amide bonds. The number of ether oxygens (including phenoxy) is 1. The summed E-state index contributed by atoms with van der Waals surface area (Å²) in [5, 5.41) is 3.31. The highest BCUT2D eigenvalue weighted by atomic mass is 16.5. The molecule has 3 fully saturated rings. The van der Waals surface area contributed by atoms with Crippen LogP contribution in [-0.4, -0.2) is 55.2 Å². The number of amides is 1. The van der Waals surface area contributed by atoms with Gasteiger partial charge < -0.3 is 15.8 Å². The minimum absolute atomic E-state index is 0.0690. The van der Waals surface area contributed by atoms with Gasteiger partial charge in [-0.2, -0.15) is 0 Å². The Morgan fingerprint density at radius 3 is 2.42 bits per heavy atom. The smallest absolute Gasteiger partial charge is 0.222 e. The van der Waals surface area contributed by atoms with E-state index in [2.05, 4.69) is 10.2 Å². The van der Waals surface area contributed by atoms with Crippen LogP contribution >= 0.6 is 0 Å². The first kappa shape index (κ1) is 18.2. The molecule has 2 saturated carbocycles. The first-order valence-electron chi connectivity index (χ1n) is 10.1. The van der Waals surface area contributed by atoms with Gasteiger partial charge in [-0.05, 0) is 31.6 Å². The number of rotatable bonds is 6. The zero-order valence-electron chi connectivity index (χ0n) is 15.1. The Morgan fingerprint density at radius 2 is 1.79 bits per heavy atom. The van der Waals surface area contributed by atoms with Gasteiger partial charge in [0.05, 0.1) is 13.2 Å². The van der Waals surface area contributed by atoms with E-state index in [0.717, 1.165) is 39.1 Å². The van der Waals surface area contributed by atoms with E-state index < -0.39 is 0 Å². The zero-order valence-corrected chi connectivity index (χ0v) is 15.1. The fourth-order valence-corrected chi connectivity index (χ4v) is 5.14. The van der Waals surface area contributed by atoms with Crippen molar-refractivity contribution in [3.05, 3.63) is 0 Å². The summed E-state index contributed by atoms with van der Waals surface area (Å²) in [6.07, 6.45) is 11.8. The van der Waals surface area contributed by atoms with E-state index in [0.29, 0.717) is 18.9 Å². The highest BCUT2D eigenvalue weighted by molar-refractivity contribution is 5.77. The van der Waals surface area contributed by atoms with Crippen LogP contribution in [0.4, 0.5) is 0 Å². The van der Waals surface area contributed by atoms with Crippen LogP contribution in [0.15, 0.2) is 0 Å². The second kappa shape index (κ2) is 8.63. The van der Waals surface area contributed by atoms with Gasteiger partial charge in [-0.3, -0.25) is 9.69 Å². The molecule has 5 nitrogen and oxygen atoms in total. The molecule has 1 aliphatic heterocycles. The van der Waals surface area contributed by atoms with Gasteiger partial charge in [-0.1, -0.05) is 32.1 Å². The van der Waals surface area contributed by atoms with Crippen molar-refractivity contribution in [2.45, 2.75) is 75.8 Å². The number of hydrogen-bond donors (Lipinski definition) is 2. The number of hydrogen-bond acceptors (Lipinski definition) is 4. The predicted octanol–water partition coefficient (Wildman–Crippen LogP) is 2.05. The molecule has 0 aromatic rings. The largest absolute Gasteiger partial charge is 0.379 e. The van der Waals surface area contributed by atoms with Crippen molar-refractivity contribution < 1.29 is 9.53 Å². The lowest BCUT2D eigenvalue weighted by molar-refractivity contribution is -0.126. The zero-order chi connectivity index (χ0) is 16.8. The molecular formula is C19H35N3O2. The number of carbonyl (C=O) groups is 1. The summed E-state index contributed by atoms with van der Waals surface area (Å²) in [6.45, 7) is 4.11. The summed E-state index contributed by atoms with van der Waals surface area (Å²) in [7, 11) is 0. The van der Waals surface area contributed by atoms with Crippen LogP contribution in [0.25, 0.3) is 0 Å². The van der Waals surface area contributed by atoms with Crippen LogP contribution in [0.3, 0.4) is 0 Å². The van der Waals surface area contributed by atoms with Crippen LogP contribution in [-0.2, 0) is 9.53 Å². The fourth-order valence-electron chi connectivity index (χ4n) is 5.14. The van der Waals surface area contributed by atoms with E-state index >= 15 is 0 Å². The molecule has 2 aliphatic carbocycles. The first-order chi connectivity index (χ1) is 11.7. The maximum Gasteiger partial charge on any atom is 0.222 e. The van der Waals surface area contributed by atoms with E-state index in [4.69, 9.17) is 10.5 Å². The van der Waals surface area contributed by atoms with Gasteiger partial charge in [0.15, 0.2) is 0 Å². The van der Waals surface area contributed by atoms with Crippen LogP contribution in [0.5, 0.6) is 0 Å². The molecule has 1 saturated heterocycles. The summed E-state index contributed by atoms with van der Waals surface area (Å²) < 4.78 is 5.51. The van der Waals surface area contributed by atoms with Crippen LogP contribution in [0.2, 0.25) is 0 Å². The van der Waals surface area contributed by atoms with Crippen LogP contribution < -0.4 is 11.1 Å². The second-order valence-electron chi connectivity index (χ2n) is 8.02. The molecule has 138 valence electrons. The number of nitrogens with two attached hydrogens (primary N) is 1. The molecule has 3 N–H and O–H groups in total. The molecule has 0 spiro atoms. The summed E-state index contributed by atoms with van der Waals surface area (Å²) in [5.41, 5.74) is 6.06. The van der Waals surface area contributed by atoms with E-state index in [1.165, 1.54) is 44.9 Å². The molecule has 1 unspecified atom stereocenters. The van der Waals surface area contributed by atoms with Crippen molar-refractivity contribution in [2.24, 2.45) is 11.7 Å². The number of morpholine rings is 1. The van der Waals surface area contributed by atoms with Crippen molar-refractivity contribution in [2.75, 3.05) is 32.8 Å². The molecule has 3 rings (SSSR count). The number of nitrogens with zero attached hydrogens (tertiary/aromatic N) is 1. The van der Waals surface area contributed by atoms with Crippen LogP contribution in [0, 0.1) is 5.92 Å². The summed E-state index contributed by atoms with van der Waals surface area (Å²) in [6, 6.07) is 0.168. The number of nitrogens with one attached hydrogen (secondary N) is 1. The molecular weight excluding hydrogens is 302 g/mol. The van der Waals surface area contributed by atoms with Gasteiger partial charge in [-0.15, -0.1) is 0 Å². The molecule has 0 radical (unpaired) electrons. The van der Waals surface area contributed by atoms with E-state index in [1.54, 1.807) is 0 Å². The lowest BCUT2D eigenvalue weighted by Gasteiger charge is -2.43. The van der Waals surface area contributed by atoms with Crippen molar-refractivity contribution in [1.82, 2.24) is 10.2 Å². The van der Waals surface area contributed by atoms with Gasteiger partial charge in [0, 0.05) is 37.6 Å². The molecule has 0 aromatic heterocycles. The Labute approximate surface area is 146 Å². The fraction of sp³-hybridized carbons (Fsp3) is 0.947. The highest BCUT2D eigenvalue weighted by Gasteiger charge is 2.42. The van der Waals surface area contributed by atoms with Crippen molar-refractivity contribution in [1.29, 1.82) is 0 Å². The van der Waals surface area contributed by atoms with Gasteiger partial charge in [0.1, 0.15) is 0 Å². The van der Waals surface area contributed by atoms with Crippen molar-refractivity contribution in [3.63, 3.8) is 0 Å². The Morgan fingerprint density at radius 1 is 1.12 bits per heavy atom. The molecule has 0 aromatic carbocycles. The van der Waals surface area contributed by atoms with E-state index in [-0.39, 0.29) is 17.5 Å². The van der Waals surface area contributed by atoms with Gasteiger partial charge in [0.2, 0.25) is 5.91 Å². The lowest BCUT2D eigenvalue weighted by Crippen LogP contribution is -2.55. The molecule has 1 heterocycles. The standard InChI is InChI=1S/C19H35N3O2/c20-15-17(16-6-2-1-3-7-16)21-18(23)14-19(8-4-5-9-19)22-10-12-24-13-11-22/h16-17H,1-15,20H2,(H,21,23). The maximum atomic E-state index is 12.8. The molecule has 0 bridgehead atoms. The van der Waals surface area contributed by atoms with Gasteiger partial charge in [0.25, 0.3) is 0 Å². The van der Waals surface area contributed by atoms with E-state index in [1.807, 2.05) is 0 Å². The third-order valence-electron chi connectivity index (χ3n) is 6.52. The Hall–Kier alpha value is -0.650. The molecule has 1 atom stereocenters. The van der Waals surface area contributed by atoms with Crippen molar-refractivity contribution >= 4 is 5.91 Å². The third-order valence-corrected chi connectivity index (χ3v) is 6.52. The quantitative estimate of drug-likeness (QED) is 0.778. The SMILES string of the molecule is NCC(NC(=O)CC1(N2CCOCC2)CCCC1)C1CCCCC1. The van der Waals surface area contributed by atoms with Crippen LogP contribution in [0.1, 0.15) is 64.2 Å². The molecule has 3 aliphatic rings. The van der Waals surface area contributed by atoms with Crippen molar-refractivity contribution in [3.8, 4) is 0 Å². The first-order valence-corrected chi connectivity index (χ1v) is 10.1. The molecule has 24 heavy (non-hydrogen) atoms. The third kappa shape index (κ3) is 4.30. The predicted molar refractivity (Wildman–Crippen MR) is 95.8 cm³/mol. The Bertz CT molecular complexity index is 397. The second-order valence-corrected chi connectivity index (χ2v) is 8.02. The summed E-state index contributed by atoms with van der Waals surface area (Å²) in [4.78, 5) is 15.4. The van der Waals surface area contributed by atoms with Gasteiger partial charge in [-0.25, -0.2) is 0 Å². The average Bonchev–Trinajstić information content (AvgIpc) is 3.11. The minimum atomic E-state index is 0.0690. The average molecular weight is 338 g/mol. The summed E-state index contributed by atoms with van der Waals surface area (Å²) >= 11 is 0. The van der Waals surface area contributed by atoms with E-state index in [9.17, 15) is 4.79 Å². The summed E-state index contributed by atoms with van der Waals surface area (Å²) in [5.74, 6) is 0.792. The maximum absolute atomic E-state index is 12.8. The highest BCUT2D eigenvalue weighted by Crippen LogP contribution is 2.38. The minimum Gasteiger partial charge on any atom is -0.379 e.